The van der Waals surface area contributed by atoms with Crippen molar-refractivity contribution in [2.45, 2.75) is 31.8 Å². The number of hydrogen-bond acceptors (Lipinski definition) is 2. The quantitative estimate of drug-likeness (QED) is 0.828. The van der Waals surface area contributed by atoms with E-state index in [2.05, 4.69) is 26.0 Å². The molecule has 0 saturated carbocycles. The molecule has 0 amide bonds. The van der Waals surface area contributed by atoms with Crippen molar-refractivity contribution in [1.29, 1.82) is 0 Å². The number of rotatable bonds is 1. The second kappa shape index (κ2) is 3.72. The van der Waals surface area contributed by atoms with Crippen LogP contribution in [-0.2, 0) is 5.41 Å². The van der Waals surface area contributed by atoms with Crippen LogP contribution in [0.4, 0.5) is 0 Å². The average Bonchev–Trinajstić information content (AvgIpc) is 2.58. The fraction of sp³-hybridized carbons (Fsp3) is 0.375. The number of aliphatic hydroxyl groups excluding tert-OH is 1. The van der Waals surface area contributed by atoms with E-state index in [0.717, 1.165) is 23.1 Å². The lowest BCUT2D eigenvalue weighted by atomic mass is 9.83. The van der Waals surface area contributed by atoms with Crippen molar-refractivity contribution in [2.75, 3.05) is 7.11 Å². The highest BCUT2D eigenvalue weighted by molar-refractivity contribution is 5.93. The summed E-state index contributed by atoms with van der Waals surface area (Å²) in [6.07, 6.45) is 0.396. The molecule has 1 N–H and O–H groups in total. The standard InChI is InChI=1S/C16H18O2/c1-16(2)9-13(17)12-8-14(18-3)10-6-4-5-7-11(10)15(12)16/h4-8,13,17H,9H2,1-3H3. The molecule has 0 radical (unpaired) electrons. The van der Waals surface area contributed by atoms with E-state index in [1.54, 1.807) is 7.11 Å². The number of benzene rings is 2. The van der Waals surface area contributed by atoms with Gasteiger partial charge in [-0.05, 0) is 34.4 Å². The summed E-state index contributed by atoms with van der Waals surface area (Å²) in [4.78, 5) is 0. The first-order chi connectivity index (χ1) is 8.54. The monoisotopic (exact) mass is 242 g/mol. The van der Waals surface area contributed by atoms with Gasteiger partial charge in [-0.2, -0.15) is 0 Å². The number of methoxy groups -OCH3 is 1. The summed E-state index contributed by atoms with van der Waals surface area (Å²) in [7, 11) is 1.68. The summed E-state index contributed by atoms with van der Waals surface area (Å²) in [5, 5.41) is 12.6. The molecule has 0 aliphatic heterocycles. The second-order valence-electron chi connectivity index (χ2n) is 5.69. The molecule has 0 saturated heterocycles. The summed E-state index contributed by atoms with van der Waals surface area (Å²) in [6.45, 7) is 4.39. The van der Waals surface area contributed by atoms with E-state index in [0.29, 0.717) is 0 Å². The first kappa shape index (κ1) is 11.5. The Balaban J connectivity index is 2.44. The van der Waals surface area contributed by atoms with Crippen LogP contribution >= 0.6 is 0 Å². The fourth-order valence-electron chi connectivity index (χ4n) is 3.25. The van der Waals surface area contributed by atoms with Crippen molar-refractivity contribution in [3.8, 4) is 5.75 Å². The van der Waals surface area contributed by atoms with E-state index < -0.39 is 0 Å². The average molecular weight is 242 g/mol. The maximum absolute atomic E-state index is 10.2. The van der Waals surface area contributed by atoms with Crippen LogP contribution in [0, 0.1) is 0 Å². The van der Waals surface area contributed by atoms with E-state index in [-0.39, 0.29) is 11.5 Å². The summed E-state index contributed by atoms with van der Waals surface area (Å²) >= 11 is 0. The maximum Gasteiger partial charge on any atom is 0.127 e. The molecule has 1 aliphatic rings. The highest BCUT2D eigenvalue weighted by Crippen LogP contribution is 2.49. The maximum atomic E-state index is 10.2. The molecule has 0 fully saturated rings. The zero-order chi connectivity index (χ0) is 12.9. The number of ether oxygens (including phenoxy) is 1. The molecule has 0 spiro atoms. The topological polar surface area (TPSA) is 29.5 Å². The van der Waals surface area contributed by atoms with E-state index in [1.807, 2.05) is 18.2 Å². The zero-order valence-electron chi connectivity index (χ0n) is 11.0. The van der Waals surface area contributed by atoms with Crippen molar-refractivity contribution >= 4 is 10.8 Å². The fourth-order valence-corrected chi connectivity index (χ4v) is 3.25. The van der Waals surface area contributed by atoms with Crippen LogP contribution in [0.5, 0.6) is 5.75 Å². The largest absolute Gasteiger partial charge is 0.496 e. The minimum atomic E-state index is -0.381. The third kappa shape index (κ3) is 1.45. The van der Waals surface area contributed by atoms with Crippen LogP contribution < -0.4 is 4.74 Å². The Hall–Kier alpha value is -1.54. The third-order valence-corrected chi connectivity index (χ3v) is 4.00. The van der Waals surface area contributed by atoms with Gasteiger partial charge in [-0.25, -0.2) is 0 Å². The minimum Gasteiger partial charge on any atom is -0.496 e. The highest BCUT2D eigenvalue weighted by atomic mass is 16.5. The summed E-state index contributed by atoms with van der Waals surface area (Å²) in [5.74, 6) is 0.848. The van der Waals surface area contributed by atoms with Crippen LogP contribution in [0.15, 0.2) is 30.3 Å². The molecule has 0 aromatic heterocycles. The molecule has 94 valence electrons. The van der Waals surface area contributed by atoms with Gasteiger partial charge in [0.1, 0.15) is 5.75 Å². The van der Waals surface area contributed by atoms with Gasteiger partial charge in [0.25, 0.3) is 0 Å². The molecule has 0 bridgehead atoms. The van der Waals surface area contributed by atoms with E-state index in [9.17, 15) is 5.11 Å². The molecular weight excluding hydrogens is 224 g/mol. The van der Waals surface area contributed by atoms with Crippen LogP contribution in [0.3, 0.4) is 0 Å². The molecule has 0 heterocycles. The van der Waals surface area contributed by atoms with Gasteiger partial charge < -0.3 is 9.84 Å². The van der Waals surface area contributed by atoms with Gasteiger partial charge in [-0.3, -0.25) is 0 Å². The second-order valence-corrected chi connectivity index (χ2v) is 5.69. The smallest absolute Gasteiger partial charge is 0.127 e. The van der Waals surface area contributed by atoms with Crippen molar-refractivity contribution in [3.05, 3.63) is 41.5 Å². The summed E-state index contributed by atoms with van der Waals surface area (Å²) in [6, 6.07) is 10.3. The number of fused-ring (bicyclic) bond motifs is 3. The van der Waals surface area contributed by atoms with Crippen molar-refractivity contribution in [1.82, 2.24) is 0 Å². The van der Waals surface area contributed by atoms with Crippen molar-refractivity contribution < 1.29 is 9.84 Å². The van der Waals surface area contributed by atoms with E-state index in [4.69, 9.17) is 4.74 Å². The van der Waals surface area contributed by atoms with E-state index in [1.165, 1.54) is 10.9 Å². The van der Waals surface area contributed by atoms with Crippen LogP contribution in [-0.4, -0.2) is 12.2 Å². The molecular formula is C16H18O2. The minimum absolute atomic E-state index is 0.0145. The lowest BCUT2D eigenvalue weighted by Gasteiger charge is -2.21. The SMILES string of the molecule is COc1cc2c(c3ccccc13)C(C)(C)CC2O. The summed E-state index contributed by atoms with van der Waals surface area (Å²) < 4.78 is 5.46. The van der Waals surface area contributed by atoms with Gasteiger partial charge in [-0.15, -0.1) is 0 Å². The molecule has 1 unspecified atom stereocenters. The molecule has 2 aromatic carbocycles. The van der Waals surface area contributed by atoms with Gasteiger partial charge in [0, 0.05) is 5.39 Å². The summed E-state index contributed by atoms with van der Waals surface area (Å²) in [5.41, 5.74) is 2.31. The Labute approximate surface area is 107 Å². The third-order valence-electron chi connectivity index (χ3n) is 4.00. The molecule has 1 aliphatic carbocycles. The van der Waals surface area contributed by atoms with E-state index >= 15 is 0 Å². The molecule has 2 aromatic rings. The highest BCUT2D eigenvalue weighted by Gasteiger charge is 2.38. The van der Waals surface area contributed by atoms with Crippen LogP contribution in [0.1, 0.15) is 37.5 Å². The predicted octanol–water partition coefficient (Wildman–Crippen LogP) is 3.56. The molecule has 2 heteroatoms. The number of hydrogen-bond donors (Lipinski definition) is 1. The normalized spacial score (nSPS) is 21.0. The Morgan fingerprint density at radius 2 is 1.89 bits per heavy atom. The van der Waals surface area contributed by atoms with Crippen LogP contribution in [0.25, 0.3) is 10.8 Å². The Morgan fingerprint density at radius 3 is 2.56 bits per heavy atom. The van der Waals surface area contributed by atoms with Gasteiger partial charge >= 0.3 is 0 Å². The first-order valence-electron chi connectivity index (χ1n) is 6.33. The Kier molecular flexibility index (Phi) is 2.39. The van der Waals surface area contributed by atoms with Gasteiger partial charge in [0.2, 0.25) is 0 Å². The molecule has 1 atom stereocenters. The first-order valence-corrected chi connectivity index (χ1v) is 6.33. The van der Waals surface area contributed by atoms with Gasteiger partial charge in [-0.1, -0.05) is 38.1 Å². The Morgan fingerprint density at radius 1 is 1.22 bits per heavy atom. The predicted molar refractivity (Wildman–Crippen MR) is 73.1 cm³/mol. The lowest BCUT2D eigenvalue weighted by Crippen LogP contribution is -2.13. The Bertz CT molecular complexity index is 614. The van der Waals surface area contributed by atoms with Gasteiger partial charge in [0.05, 0.1) is 13.2 Å². The van der Waals surface area contributed by atoms with Crippen molar-refractivity contribution in [2.24, 2.45) is 0 Å². The molecule has 3 rings (SSSR count). The number of aliphatic hydroxyl groups is 1. The molecule has 2 nitrogen and oxygen atoms in total. The van der Waals surface area contributed by atoms with Gasteiger partial charge in [0.15, 0.2) is 0 Å². The van der Waals surface area contributed by atoms with Crippen molar-refractivity contribution in [3.63, 3.8) is 0 Å². The zero-order valence-corrected chi connectivity index (χ0v) is 11.0. The molecule has 18 heavy (non-hydrogen) atoms. The van der Waals surface area contributed by atoms with Crippen LogP contribution in [0.2, 0.25) is 0 Å². The lowest BCUT2D eigenvalue weighted by molar-refractivity contribution is 0.161.